The molecule has 0 radical (unpaired) electrons. The van der Waals surface area contributed by atoms with Crippen LogP contribution in [-0.2, 0) is 0 Å². The zero-order valence-corrected chi connectivity index (χ0v) is 17.3. The van der Waals surface area contributed by atoms with Crippen molar-refractivity contribution in [3.63, 3.8) is 0 Å². The van der Waals surface area contributed by atoms with Crippen LogP contribution in [0.2, 0.25) is 0 Å². The first-order valence-electron chi connectivity index (χ1n) is 10.6. The average Bonchev–Trinajstić information content (AvgIpc) is 3.09. The van der Waals surface area contributed by atoms with Crippen LogP contribution in [0.1, 0.15) is 23.0 Å². The normalized spacial score (nSPS) is 20.5. The average molecular weight is 394 g/mol. The molecule has 0 saturated carbocycles. The van der Waals surface area contributed by atoms with Gasteiger partial charge in [0, 0.05) is 16.6 Å². The Balaban J connectivity index is 1.31. The van der Waals surface area contributed by atoms with Gasteiger partial charge >= 0.3 is 0 Å². The van der Waals surface area contributed by atoms with E-state index in [2.05, 4.69) is 11.9 Å². The van der Waals surface area contributed by atoms with E-state index in [1.54, 1.807) is 4.90 Å². The number of hydrogen-bond donors (Lipinski definition) is 3. The standard InChI is InChI=1S/C24H29N3O2/c1-18-23(21-10-6-7-11-22(21)25-18)24(28)19(2)27-14-12-26(13-15-27)16-17-29-20-8-4-3-5-9-20/h3-11,19,25H,12-17H2,1-2H3/p+2/t19-/m1/s1. The fourth-order valence-corrected chi connectivity index (χ4v) is 4.43. The minimum Gasteiger partial charge on any atom is -0.488 e. The van der Waals surface area contributed by atoms with Gasteiger partial charge < -0.3 is 19.5 Å². The molecule has 4 rings (SSSR count). The molecule has 1 atom stereocenters. The number of rotatable bonds is 7. The number of aryl methyl sites for hydroxylation is 1. The van der Waals surface area contributed by atoms with E-state index in [1.807, 2.05) is 61.5 Å². The van der Waals surface area contributed by atoms with Gasteiger partial charge in [-0.2, -0.15) is 0 Å². The number of Topliss-reactive ketones (excluding diaryl/α,β-unsaturated/α-hetero) is 1. The Morgan fingerprint density at radius 2 is 1.72 bits per heavy atom. The highest BCUT2D eigenvalue weighted by Gasteiger charge is 2.33. The van der Waals surface area contributed by atoms with E-state index in [4.69, 9.17) is 4.74 Å². The Morgan fingerprint density at radius 1 is 1.03 bits per heavy atom. The number of fused-ring (bicyclic) bond motifs is 1. The Kier molecular flexibility index (Phi) is 5.97. The summed E-state index contributed by atoms with van der Waals surface area (Å²) in [6.07, 6.45) is 0. The quantitative estimate of drug-likeness (QED) is 0.523. The molecule has 1 fully saturated rings. The lowest BCUT2D eigenvalue weighted by Gasteiger charge is -2.32. The Morgan fingerprint density at radius 3 is 2.48 bits per heavy atom. The maximum Gasteiger partial charge on any atom is 0.222 e. The van der Waals surface area contributed by atoms with Crippen LogP contribution >= 0.6 is 0 Å². The van der Waals surface area contributed by atoms with Crippen molar-refractivity contribution in [2.45, 2.75) is 19.9 Å². The molecule has 0 aliphatic carbocycles. The third-order valence-electron chi connectivity index (χ3n) is 6.21. The van der Waals surface area contributed by atoms with Gasteiger partial charge in [-0.25, -0.2) is 0 Å². The van der Waals surface area contributed by atoms with E-state index in [1.165, 1.54) is 4.90 Å². The lowest BCUT2D eigenvalue weighted by Crippen LogP contribution is -3.30. The van der Waals surface area contributed by atoms with Crippen molar-refractivity contribution in [3.05, 3.63) is 65.9 Å². The van der Waals surface area contributed by atoms with Gasteiger partial charge in [-0.05, 0) is 32.0 Å². The molecular formula is C24H31N3O2+2. The number of para-hydroxylation sites is 2. The molecule has 5 heteroatoms. The Bertz CT molecular complexity index is 959. The summed E-state index contributed by atoms with van der Waals surface area (Å²) in [5, 5.41) is 1.04. The van der Waals surface area contributed by atoms with Crippen molar-refractivity contribution in [2.24, 2.45) is 0 Å². The largest absolute Gasteiger partial charge is 0.488 e. The summed E-state index contributed by atoms with van der Waals surface area (Å²) >= 11 is 0. The minimum atomic E-state index is -0.0185. The molecule has 152 valence electrons. The number of carbonyl (C=O) groups is 1. The highest BCUT2D eigenvalue weighted by atomic mass is 16.5. The van der Waals surface area contributed by atoms with Crippen LogP contribution in [-0.4, -0.2) is 56.1 Å². The van der Waals surface area contributed by atoms with E-state index in [-0.39, 0.29) is 11.8 Å². The second-order valence-electron chi connectivity index (χ2n) is 8.08. The molecule has 3 aromatic rings. The third-order valence-corrected chi connectivity index (χ3v) is 6.21. The van der Waals surface area contributed by atoms with Crippen molar-refractivity contribution >= 4 is 16.7 Å². The summed E-state index contributed by atoms with van der Waals surface area (Å²) in [4.78, 5) is 19.6. The molecule has 3 N–H and O–H groups in total. The summed E-state index contributed by atoms with van der Waals surface area (Å²) in [5.74, 6) is 1.19. The molecule has 2 heterocycles. The van der Waals surface area contributed by atoms with Crippen LogP contribution in [0.5, 0.6) is 5.75 Å². The monoisotopic (exact) mass is 393 g/mol. The lowest BCUT2D eigenvalue weighted by molar-refractivity contribution is -1.02. The molecule has 29 heavy (non-hydrogen) atoms. The number of aromatic amines is 1. The molecule has 0 amide bonds. The van der Waals surface area contributed by atoms with E-state index >= 15 is 0 Å². The topological polar surface area (TPSA) is 51.0 Å². The zero-order valence-electron chi connectivity index (χ0n) is 17.3. The molecule has 1 aromatic heterocycles. The number of ketones is 1. The van der Waals surface area contributed by atoms with Crippen molar-refractivity contribution in [2.75, 3.05) is 39.3 Å². The van der Waals surface area contributed by atoms with Crippen LogP contribution in [0.4, 0.5) is 0 Å². The molecule has 1 aliphatic heterocycles. The van der Waals surface area contributed by atoms with Crippen LogP contribution in [0.25, 0.3) is 10.9 Å². The van der Waals surface area contributed by atoms with Gasteiger partial charge in [0.15, 0.2) is 0 Å². The minimum absolute atomic E-state index is 0.0185. The van der Waals surface area contributed by atoms with Crippen LogP contribution in [0.3, 0.4) is 0 Å². The number of benzene rings is 2. The number of H-pyrrole nitrogens is 1. The first-order chi connectivity index (χ1) is 14.1. The second kappa shape index (κ2) is 8.80. The van der Waals surface area contributed by atoms with Crippen molar-refractivity contribution in [1.29, 1.82) is 0 Å². The number of carbonyl (C=O) groups excluding carboxylic acids is 1. The van der Waals surface area contributed by atoms with Gasteiger partial charge in [-0.1, -0.05) is 36.4 Å². The molecule has 5 nitrogen and oxygen atoms in total. The lowest BCUT2D eigenvalue weighted by atomic mass is 10.0. The third kappa shape index (κ3) is 4.36. The first-order valence-corrected chi connectivity index (χ1v) is 10.6. The second-order valence-corrected chi connectivity index (χ2v) is 8.08. The van der Waals surface area contributed by atoms with Crippen molar-refractivity contribution < 1.29 is 19.3 Å². The molecule has 0 spiro atoms. The maximum atomic E-state index is 13.3. The van der Waals surface area contributed by atoms with Crippen molar-refractivity contribution in [3.8, 4) is 5.75 Å². The molecule has 0 unspecified atom stereocenters. The fraction of sp³-hybridized carbons (Fsp3) is 0.375. The SMILES string of the molecule is Cc1[nH]c2ccccc2c1C(=O)[C@@H](C)[NH+]1CC[NH+](CCOc2ccccc2)CC1. The highest BCUT2D eigenvalue weighted by Crippen LogP contribution is 2.22. The molecule has 2 aromatic carbocycles. The molecular weight excluding hydrogens is 362 g/mol. The summed E-state index contributed by atoms with van der Waals surface area (Å²) in [6, 6.07) is 18.1. The van der Waals surface area contributed by atoms with Crippen LogP contribution in [0, 0.1) is 6.92 Å². The first kappa shape index (κ1) is 19.7. The van der Waals surface area contributed by atoms with Crippen molar-refractivity contribution in [1.82, 2.24) is 4.98 Å². The maximum absolute atomic E-state index is 13.3. The summed E-state index contributed by atoms with van der Waals surface area (Å²) in [6.45, 7) is 10.0. The molecule has 0 bridgehead atoms. The van der Waals surface area contributed by atoms with Gasteiger partial charge in [-0.3, -0.25) is 4.79 Å². The van der Waals surface area contributed by atoms with E-state index in [9.17, 15) is 4.79 Å². The van der Waals surface area contributed by atoms with Gasteiger partial charge in [0.1, 0.15) is 51.1 Å². The van der Waals surface area contributed by atoms with E-state index in [0.29, 0.717) is 0 Å². The zero-order chi connectivity index (χ0) is 20.2. The number of ether oxygens (including phenoxy) is 1. The van der Waals surface area contributed by atoms with Crippen LogP contribution in [0.15, 0.2) is 54.6 Å². The van der Waals surface area contributed by atoms with Gasteiger partial charge in [0.2, 0.25) is 5.78 Å². The summed E-state index contributed by atoms with van der Waals surface area (Å²) in [7, 11) is 0. The molecule has 1 saturated heterocycles. The van der Waals surface area contributed by atoms with E-state index < -0.39 is 0 Å². The molecule has 1 aliphatic rings. The number of quaternary nitrogens is 2. The number of aromatic nitrogens is 1. The predicted octanol–water partition coefficient (Wildman–Crippen LogP) is 0.910. The van der Waals surface area contributed by atoms with Gasteiger partial charge in [-0.15, -0.1) is 0 Å². The summed E-state index contributed by atoms with van der Waals surface area (Å²) < 4.78 is 5.84. The summed E-state index contributed by atoms with van der Waals surface area (Å²) in [5.41, 5.74) is 2.89. The van der Waals surface area contributed by atoms with Crippen LogP contribution < -0.4 is 14.5 Å². The number of nitrogens with one attached hydrogen (secondary N) is 3. The Hall–Kier alpha value is -2.63. The Labute approximate surface area is 172 Å². The predicted molar refractivity (Wildman–Crippen MR) is 115 cm³/mol. The van der Waals surface area contributed by atoms with Gasteiger partial charge in [0.05, 0.1) is 5.56 Å². The highest BCUT2D eigenvalue weighted by molar-refractivity contribution is 6.10. The van der Waals surface area contributed by atoms with Gasteiger partial charge in [0.25, 0.3) is 0 Å². The fourth-order valence-electron chi connectivity index (χ4n) is 4.43. The smallest absolute Gasteiger partial charge is 0.222 e. The van der Waals surface area contributed by atoms with E-state index in [0.717, 1.165) is 67.2 Å². The number of piperazine rings is 1. The number of hydrogen-bond acceptors (Lipinski definition) is 2.